The van der Waals surface area contributed by atoms with Crippen molar-refractivity contribution in [2.45, 2.75) is 26.3 Å². The molecule has 1 N–H and O–H groups in total. The van der Waals surface area contributed by atoms with Crippen LogP contribution in [0.15, 0.2) is 12.1 Å². The zero-order valence-electron chi connectivity index (χ0n) is 10.4. The van der Waals surface area contributed by atoms with Gasteiger partial charge in [-0.2, -0.15) is 11.8 Å². The lowest BCUT2D eigenvalue weighted by Crippen LogP contribution is -2.35. The van der Waals surface area contributed by atoms with E-state index in [0.717, 1.165) is 17.9 Å². The van der Waals surface area contributed by atoms with Crippen LogP contribution >= 0.6 is 35.0 Å². The lowest BCUT2D eigenvalue weighted by molar-refractivity contribution is 0.358. The Hall–Kier alpha value is -0.120. The fourth-order valence-corrected chi connectivity index (χ4v) is 3.99. The molecule has 5 heteroatoms. The fraction of sp³-hybridized carbons (Fsp3) is 0.538. The Balaban J connectivity index is 2.10. The molecule has 1 unspecified atom stereocenters. The van der Waals surface area contributed by atoms with Crippen molar-refractivity contribution in [2.75, 3.05) is 16.8 Å². The molecular formula is C13H16Cl2FNS. The van der Waals surface area contributed by atoms with Gasteiger partial charge in [-0.1, -0.05) is 37.0 Å². The molecule has 0 aromatic heterocycles. The van der Waals surface area contributed by atoms with Crippen molar-refractivity contribution in [1.82, 2.24) is 0 Å². The molecule has 0 bridgehead atoms. The van der Waals surface area contributed by atoms with Crippen LogP contribution in [-0.2, 0) is 0 Å². The van der Waals surface area contributed by atoms with Crippen LogP contribution in [0.3, 0.4) is 0 Å². The molecule has 2 rings (SSSR count). The minimum absolute atomic E-state index is 0.0627. The minimum Gasteiger partial charge on any atom is -0.381 e. The molecule has 1 fully saturated rings. The summed E-state index contributed by atoms with van der Waals surface area (Å²) in [6, 6.07) is 3.56. The first kappa shape index (κ1) is 14.3. The average Bonchev–Trinajstić information content (AvgIpc) is 2.24. The lowest BCUT2D eigenvalue weighted by atomic mass is 9.88. The third-order valence-electron chi connectivity index (χ3n) is 2.97. The van der Waals surface area contributed by atoms with Gasteiger partial charge in [-0.15, -0.1) is 0 Å². The molecule has 0 spiro atoms. The summed E-state index contributed by atoms with van der Waals surface area (Å²) in [4.78, 5) is 0. The van der Waals surface area contributed by atoms with Gasteiger partial charge in [0.2, 0.25) is 0 Å². The summed E-state index contributed by atoms with van der Waals surface area (Å²) in [5, 5.41) is 3.51. The van der Waals surface area contributed by atoms with E-state index in [1.165, 1.54) is 5.75 Å². The molecule has 1 atom stereocenters. The lowest BCUT2D eigenvalue weighted by Gasteiger charge is -2.35. The highest BCUT2D eigenvalue weighted by molar-refractivity contribution is 7.99. The number of benzene rings is 1. The Morgan fingerprint density at radius 3 is 2.50 bits per heavy atom. The highest BCUT2D eigenvalue weighted by atomic mass is 35.5. The molecule has 0 aliphatic carbocycles. The molecular weight excluding hydrogens is 292 g/mol. The van der Waals surface area contributed by atoms with Crippen LogP contribution in [0.25, 0.3) is 0 Å². The van der Waals surface area contributed by atoms with E-state index in [9.17, 15) is 4.39 Å². The number of halogens is 3. The van der Waals surface area contributed by atoms with Crippen LogP contribution in [-0.4, -0.2) is 17.5 Å². The van der Waals surface area contributed by atoms with Gasteiger partial charge in [0, 0.05) is 17.5 Å². The summed E-state index contributed by atoms with van der Waals surface area (Å²) in [6.07, 6.45) is 1.09. The van der Waals surface area contributed by atoms with Gasteiger partial charge in [0.05, 0.1) is 10.0 Å². The van der Waals surface area contributed by atoms with Crippen LogP contribution in [0.4, 0.5) is 10.1 Å². The molecule has 1 aliphatic rings. The first-order chi connectivity index (χ1) is 8.37. The summed E-state index contributed by atoms with van der Waals surface area (Å²) < 4.78 is 13.3. The van der Waals surface area contributed by atoms with Crippen LogP contribution in [0.1, 0.15) is 20.3 Å². The smallest absolute Gasteiger partial charge is 0.160 e. The monoisotopic (exact) mass is 307 g/mol. The van der Waals surface area contributed by atoms with Crippen LogP contribution in [0.5, 0.6) is 0 Å². The minimum atomic E-state index is -0.553. The van der Waals surface area contributed by atoms with Crippen molar-refractivity contribution in [3.63, 3.8) is 0 Å². The van der Waals surface area contributed by atoms with E-state index in [-0.39, 0.29) is 10.0 Å². The maximum atomic E-state index is 13.3. The second-order valence-corrected chi connectivity index (χ2v) is 7.32. The first-order valence-corrected chi connectivity index (χ1v) is 7.77. The third-order valence-corrected chi connectivity index (χ3v) is 5.14. The molecule has 1 aliphatic heterocycles. The van der Waals surface area contributed by atoms with Gasteiger partial charge in [0.1, 0.15) is 0 Å². The van der Waals surface area contributed by atoms with Gasteiger partial charge in [0.15, 0.2) is 5.82 Å². The quantitative estimate of drug-likeness (QED) is 0.765. The van der Waals surface area contributed by atoms with Gasteiger partial charge in [0.25, 0.3) is 0 Å². The van der Waals surface area contributed by atoms with E-state index >= 15 is 0 Å². The topological polar surface area (TPSA) is 12.0 Å². The van der Waals surface area contributed by atoms with E-state index < -0.39 is 5.82 Å². The first-order valence-electron chi connectivity index (χ1n) is 5.86. The van der Waals surface area contributed by atoms with Crippen molar-refractivity contribution in [2.24, 2.45) is 5.41 Å². The molecule has 1 heterocycles. The second kappa shape index (κ2) is 5.48. The zero-order valence-corrected chi connectivity index (χ0v) is 12.7. The number of hydrogen-bond donors (Lipinski definition) is 1. The van der Waals surface area contributed by atoms with Crippen molar-refractivity contribution >= 4 is 40.7 Å². The molecule has 0 saturated carbocycles. The molecule has 18 heavy (non-hydrogen) atoms. The van der Waals surface area contributed by atoms with Gasteiger partial charge >= 0.3 is 0 Å². The van der Waals surface area contributed by atoms with Crippen molar-refractivity contribution in [3.8, 4) is 0 Å². The SMILES string of the molecule is CC1(C)CSCC(Nc2cc(Cl)c(F)c(Cl)c2)C1. The standard InChI is InChI=1S/C13H16Cl2FNS/c1-13(2)5-9(6-18-7-13)17-8-3-10(14)12(16)11(15)4-8/h3-4,9,17H,5-7H2,1-2H3. The van der Waals surface area contributed by atoms with E-state index in [1.54, 1.807) is 12.1 Å². The largest absolute Gasteiger partial charge is 0.381 e. The van der Waals surface area contributed by atoms with Crippen molar-refractivity contribution in [3.05, 3.63) is 28.0 Å². The summed E-state index contributed by atoms with van der Waals surface area (Å²) in [5.41, 5.74) is 1.11. The Labute approximate surface area is 121 Å². The summed E-state index contributed by atoms with van der Waals surface area (Å²) >= 11 is 13.5. The summed E-state index contributed by atoms with van der Waals surface area (Å²) in [5.74, 6) is 1.67. The molecule has 1 aromatic rings. The van der Waals surface area contributed by atoms with Crippen LogP contribution in [0.2, 0.25) is 10.0 Å². The zero-order chi connectivity index (χ0) is 13.3. The van der Waals surface area contributed by atoms with E-state index in [0.29, 0.717) is 11.5 Å². The number of nitrogens with one attached hydrogen (secondary N) is 1. The Kier molecular flexibility index (Phi) is 4.35. The van der Waals surface area contributed by atoms with Crippen LogP contribution in [0, 0.1) is 11.2 Å². The second-order valence-electron chi connectivity index (χ2n) is 5.48. The molecule has 1 saturated heterocycles. The van der Waals surface area contributed by atoms with Crippen molar-refractivity contribution < 1.29 is 4.39 Å². The van der Waals surface area contributed by atoms with Gasteiger partial charge in [-0.3, -0.25) is 0 Å². The van der Waals surface area contributed by atoms with Crippen molar-refractivity contribution in [1.29, 1.82) is 0 Å². The molecule has 1 nitrogen and oxygen atoms in total. The Morgan fingerprint density at radius 2 is 1.94 bits per heavy atom. The summed E-state index contributed by atoms with van der Waals surface area (Å²) in [7, 11) is 0. The predicted octanol–water partition coefficient (Wildman–Crippen LogP) is 5.08. The molecule has 0 amide bonds. The maximum absolute atomic E-state index is 13.3. The van der Waals surface area contributed by atoms with E-state index in [1.807, 2.05) is 11.8 Å². The van der Waals surface area contributed by atoms with Gasteiger partial charge < -0.3 is 5.32 Å². The number of rotatable bonds is 2. The highest BCUT2D eigenvalue weighted by Gasteiger charge is 2.28. The third kappa shape index (κ3) is 3.46. The molecule has 100 valence electrons. The predicted molar refractivity (Wildman–Crippen MR) is 79.6 cm³/mol. The number of thioether (sulfide) groups is 1. The highest BCUT2D eigenvalue weighted by Crippen LogP contribution is 2.35. The van der Waals surface area contributed by atoms with Crippen LogP contribution < -0.4 is 5.32 Å². The Bertz CT molecular complexity index is 428. The summed E-state index contributed by atoms with van der Waals surface area (Å²) in [6.45, 7) is 4.52. The molecule has 1 aromatic carbocycles. The number of anilines is 1. The van der Waals surface area contributed by atoms with Gasteiger partial charge in [-0.25, -0.2) is 4.39 Å². The van der Waals surface area contributed by atoms with Gasteiger partial charge in [-0.05, 0) is 29.7 Å². The molecule has 0 radical (unpaired) electrons. The van der Waals surface area contributed by atoms with E-state index in [2.05, 4.69) is 19.2 Å². The number of hydrogen-bond acceptors (Lipinski definition) is 2. The normalized spacial score (nSPS) is 22.8. The van der Waals surface area contributed by atoms with E-state index in [4.69, 9.17) is 23.2 Å². The average molecular weight is 308 g/mol. The fourth-order valence-electron chi connectivity index (χ4n) is 2.23. The Morgan fingerprint density at radius 1 is 1.33 bits per heavy atom. The maximum Gasteiger partial charge on any atom is 0.160 e.